The lowest BCUT2D eigenvalue weighted by molar-refractivity contribution is -0.133. The molecule has 0 aliphatic carbocycles. The molecule has 3 fully saturated rings. The fraction of sp³-hybridized carbons (Fsp3) is 0.455. The van der Waals surface area contributed by atoms with E-state index in [-0.39, 0.29) is 17.4 Å². The topological polar surface area (TPSA) is 126 Å². The zero-order valence-electron chi connectivity index (χ0n) is 32.9. The predicted molar refractivity (Wildman–Crippen MR) is 221 cm³/mol. The Morgan fingerprint density at radius 3 is 2.34 bits per heavy atom. The van der Waals surface area contributed by atoms with E-state index < -0.39 is 6.04 Å². The van der Waals surface area contributed by atoms with E-state index in [2.05, 4.69) is 61.5 Å². The highest BCUT2D eigenvalue weighted by Gasteiger charge is 2.30. The van der Waals surface area contributed by atoms with Gasteiger partial charge in [-0.15, -0.1) is 0 Å². The minimum atomic E-state index is -0.437. The molecule has 5 heterocycles. The molecule has 0 spiro atoms. The Kier molecular flexibility index (Phi) is 10.4. The Hall–Kier alpha value is -5.54. The number of carbonyl (C=O) groups is 2. The first kappa shape index (κ1) is 37.4. The van der Waals surface area contributed by atoms with Crippen molar-refractivity contribution in [2.24, 2.45) is 13.0 Å². The summed E-state index contributed by atoms with van der Waals surface area (Å²) in [6.45, 7) is 8.65. The van der Waals surface area contributed by atoms with Gasteiger partial charge in [0.15, 0.2) is 0 Å². The number of anilines is 5. The first-order chi connectivity index (χ1) is 27.1. The fourth-order valence-electron chi connectivity index (χ4n) is 9.29. The highest BCUT2D eigenvalue weighted by Crippen LogP contribution is 2.43. The second-order valence-corrected chi connectivity index (χ2v) is 16.1. The predicted octanol–water partition coefficient (Wildman–Crippen LogP) is 5.63. The number of ether oxygens (including phenoxy) is 1. The summed E-state index contributed by atoms with van der Waals surface area (Å²) in [5.41, 5.74) is 8.73. The van der Waals surface area contributed by atoms with Crippen LogP contribution in [0.4, 0.5) is 28.4 Å². The highest BCUT2D eigenvalue weighted by atomic mass is 16.5. The summed E-state index contributed by atoms with van der Waals surface area (Å²) >= 11 is 0. The number of rotatable bonds is 8. The Labute approximate surface area is 328 Å². The monoisotopic (exact) mass is 756 g/mol. The molecule has 8 rings (SSSR count). The van der Waals surface area contributed by atoms with Crippen molar-refractivity contribution in [1.29, 1.82) is 5.26 Å². The maximum atomic E-state index is 13.2. The molecule has 1 unspecified atom stereocenters. The van der Waals surface area contributed by atoms with Crippen molar-refractivity contribution in [3.8, 4) is 11.8 Å². The normalized spacial score (nSPS) is 19.8. The highest BCUT2D eigenvalue weighted by molar-refractivity contribution is 6.01. The maximum absolute atomic E-state index is 13.2. The molecule has 0 saturated carbocycles. The molecule has 1 aromatic heterocycles. The summed E-state index contributed by atoms with van der Waals surface area (Å²) in [6, 6.07) is 20.5. The zero-order valence-corrected chi connectivity index (χ0v) is 32.9. The third-order valence-corrected chi connectivity index (χ3v) is 12.6. The quantitative estimate of drug-likeness (QED) is 0.219. The largest absolute Gasteiger partial charge is 0.495 e. The minimum Gasteiger partial charge on any atom is -0.495 e. The van der Waals surface area contributed by atoms with E-state index in [4.69, 9.17) is 4.74 Å². The van der Waals surface area contributed by atoms with Crippen molar-refractivity contribution >= 4 is 51.2 Å². The molecule has 2 amide bonds. The van der Waals surface area contributed by atoms with E-state index in [9.17, 15) is 19.6 Å². The third-order valence-electron chi connectivity index (χ3n) is 12.6. The third kappa shape index (κ3) is 7.28. The number of aromatic nitrogens is 1. The van der Waals surface area contributed by atoms with Gasteiger partial charge in [0.1, 0.15) is 11.8 Å². The smallest absolute Gasteiger partial charge is 0.253 e. The Morgan fingerprint density at radius 1 is 0.839 bits per heavy atom. The lowest BCUT2D eigenvalue weighted by Gasteiger charge is -2.39. The van der Waals surface area contributed by atoms with Crippen molar-refractivity contribution in [1.82, 2.24) is 14.8 Å². The number of benzene rings is 3. The van der Waals surface area contributed by atoms with E-state index in [0.717, 1.165) is 122 Å². The van der Waals surface area contributed by atoms with Crippen LogP contribution in [-0.4, -0.2) is 87.3 Å². The average Bonchev–Trinajstić information content (AvgIpc) is 3.21. The van der Waals surface area contributed by atoms with Crippen molar-refractivity contribution in [2.75, 3.05) is 80.0 Å². The molecule has 12 nitrogen and oxygen atoms in total. The number of methoxy groups -OCH3 is 1. The minimum absolute atomic E-state index is 0.0317. The molecule has 3 aromatic carbocycles. The SMILES string of the molecule is COc1cc(NC2CCC(=O)NC2=O)ccc1N1CCC(CN2CCC(c3cc(N4CCN(C)c5ccc(C#N)cc54)c4cc(C)c(=O)n(C)c4c3)CC2)CC1. The van der Waals surface area contributed by atoms with E-state index >= 15 is 0 Å². The van der Waals surface area contributed by atoms with Gasteiger partial charge in [0.2, 0.25) is 11.8 Å². The number of pyridine rings is 1. The van der Waals surface area contributed by atoms with Crippen LogP contribution in [0.3, 0.4) is 0 Å². The second kappa shape index (κ2) is 15.5. The maximum Gasteiger partial charge on any atom is 0.253 e. The number of nitriles is 1. The summed E-state index contributed by atoms with van der Waals surface area (Å²) in [5.74, 6) is 1.29. The lowest BCUT2D eigenvalue weighted by atomic mass is 9.87. The van der Waals surface area contributed by atoms with Gasteiger partial charge in [-0.3, -0.25) is 19.7 Å². The molecule has 4 aliphatic rings. The van der Waals surface area contributed by atoms with Gasteiger partial charge in [-0.25, -0.2) is 0 Å². The molecule has 4 aromatic rings. The van der Waals surface area contributed by atoms with Crippen molar-refractivity contribution in [3.63, 3.8) is 0 Å². The molecule has 292 valence electrons. The van der Waals surface area contributed by atoms with Crippen LogP contribution < -0.4 is 35.6 Å². The molecule has 3 saturated heterocycles. The van der Waals surface area contributed by atoms with Crippen LogP contribution in [0.25, 0.3) is 10.9 Å². The molecule has 1 atom stereocenters. The van der Waals surface area contributed by atoms with Crippen LogP contribution in [0.5, 0.6) is 5.75 Å². The van der Waals surface area contributed by atoms with Gasteiger partial charge in [0.05, 0.1) is 47.0 Å². The van der Waals surface area contributed by atoms with Crippen LogP contribution in [0, 0.1) is 24.2 Å². The number of hydrogen-bond donors (Lipinski definition) is 2. The number of amides is 2. The van der Waals surface area contributed by atoms with Crippen molar-refractivity contribution in [3.05, 3.63) is 81.6 Å². The van der Waals surface area contributed by atoms with E-state index in [1.165, 1.54) is 5.56 Å². The van der Waals surface area contributed by atoms with Gasteiger partial charge in [-0.2, -0.15) is 5.26 Å². The summed E-state index contributed by atoms with van der Waals surface area (Å²) in [5, 5.41) is 16.5. The molecular weight excluding hydrogens is 705 g/mol. The van der Waals surface area contributed by atoms with Gasteiger partial charge < -0.3 is 34.2 Å². The molecule has 12 heteroatoms. The number of likely N-dealkylation sites (tertiary alicyclic amines) is 1. The number of likely N-dealkylation sites (N-methyl/N-ethyl adjacent to an activating group) is 1. The van der Waals surface area contributed by atoms with Crippen LogP contribution in [0.2, 0.25) is 0 Å². The molecule has 56 heavy (non-hydrogen) atoms. The molecule has 0 bridgehead atoms. The van der Waals surface area contributed by atoms with Crippen LogP contribution in [0.15, 0.2) is 59.4 Å². The molecular formula is C44H52N8O4. The van der Waals surface area contributed by atoms with E-state index in [1.807, 2.05) is 54.9 Å². The zero-order chi connectivity index (χ0) is 39.1. The summed E-state index contributed by atoms with van der Waals surface area (Å²) < 4.78 is 7.61. The van der Waals surface area contributed by atoms with Gasteiger partial charge in [-0.05, 0) is 118 Å². The van der Waals surface area contributed by atoms with Gasteiger partial charge >= 0.3 is 0 Å². The number of carbonyl (C=O) groups excluding carboxylic acids is 2. The number of imide groups is 1. The lowest BCUT2D eigenvalue weighted by Crippen LogP contribution is -2.47. The van der Waals surface area contributed by atoms with E-state index in [0.29, 0.717) is 30.2 Å². The Balaban J connectivity index is 0.929. The van der Waals surface area contributed by atoms with Gasteiger partial charge in [-0.1, -0.05) is 0 Å². The van der Waals surface area contributed by atoms with Crippen molar-refractivity contribution in [2.45, 2.75) is 57.4 Å². The number of nitrogens with zero attached hydrogens (tertiary/aromatic N) is 6. The molecule has 2 N–H and O–H groups in total. The van der Waals surface area contributed by atoms with Gasteiger partial charge in [0, 0.05) is 75.9 Å². The number of fused-ring (bicyclic) bond motifs is 2. The average molecular weight is 757 g/mol. The first-order valence-electron chi connectivity index (χ1n) is 20.0. The van der Waals surface area contributed by atoms with Crippen LogP contribution >= 0.6 is 0 Å². The summed E-state index contributed by atoms with van der Waals surface area (Å²) in [7, 11) is 5.67. The van der Waals surface area contributed by atoms with Gasteiger partial charge in [0.25, 0.3) is 5.56 Å². The standard InChI is InChI=1S/C44H52N8O4/c1-28-21-34-38(49(3)44(28)55)23-32(24-39(34)52-20-19-48(2)36-8-5-30(26-45)22-40(36)52)31-13-15-50(16-14-31)27-29-11-17-51(18-12-29)37-9-6-33(25-41(37)56-4)46-35-7-10-42(53)47-43(35)54/h5-6,8-9,21-25,29,31,35,46H,7,10-20,27H2,1-4H3,(H,47,53,54). The number of aryl methyl sites for hydroxylation is 2. The number of piperidine rings is 3. The van der Waals surface area contributed by atoms with Crippen LogP contribution in [-0.2, 0) is 16.6 Å². The number of nitrogens with one attached hydrogen (secondary N) is 2. The first-order valence-corrected chi connectivity index (χ1v) is 20.0. The summed E-state index contributed by atoms with van der Waals surface area (Å²) in [4.78, 5) is 46.7. The Bertz CT molecular complexity index is 2260. The van der Waals surface area contributed by atoms with Crippen molar-refractivity contribution < 1.29 is 14.3 Å². The second-order valence-electron chi connectivity index (χ2n) is 16.1. The summed E-state index contributed by atoms with van der Waals surface area (Å²) in [6.07, 6.45) is 5.17. The molecule has 4 aliphatic heterocycles. The number of hydrogen-bond acceptors (Lipinski definition) is 10. The van der Waals surface area contributed by atoms with Crippen LogP contribution in [0.1, 0.15) is 61.1 Å². The Morgan fingerprint density at radius 2 is 1.61 bits per heavy atom. The molecule has 0 radical (unpaired) electrons. The van der Waals surface area contributed by atoms with E-state index in [1.54, 1.807) is 7.11 Å². The fourth-order valence-corrected chi connectivity index (χ4v) is 9.29.